The van der Waals surface area contributed by atoms with Gasteiger partial charge in [0.15, 0.2) is 0 Å². The van der Waals surface area contributed by atoms with Crippen LogP contribution in [-0.2, 0) is 6.42 Å². The van der Waals surface area contributed by atoms with E-state index in [2.05, 4.69) is 45.7 Å². The summed E-state index contributed by atoms with van der Waals surface area (Å²) in [6.07, 6.45) is 4.84. The van der Waals surface area contributed by atoms with Crippen LogP contribution < -0.4 is 15.5 Å². The van der Waals surface area contributed by atoms with Crippen molar-refractivity contribution in [3.8, 4) is 0 Å². The van der Waals surface area contributed by atoms with Crippen LogP contribution in [0.2, 0.25) is 0 Å². The molecule has 0 saturated carbocycles. The summed E-state index contributed by atoms with van der Waals surface area (Å²) in [7, 11) is 2.17. The second kappa shape index (κ2) is 8.31. The lowest BCUT2D eigenvalue weighted by atomic mass is 9.96. The first-order valence-electron chi connectivity index (χ1n) is 9.87. The summed E-state index contributed by atoms with van der Waals surface area (Å²) in [6.45, 7) is 3.98. The first-order chi connectivity index (χ1) is 13.2. The number of nitrogens with one attached hydrogen (secondary N) is 2. The van der Waals surface area contributed by atoms with Gasteiger partial charge in [0.1, 0.15) is 0 Å². The van der Waals surface area contributed by atoms with Crippen LogP contribution >= 0.6 is 11.3 Å². The van der Waals surface area contributed by atoms with Gasteiger partial charge in [0.2, 0.25) is 0 Å². The zero-order valence-corrected chi connectivity index (χ0v) is 16.7. The number of amides is 2. The monoisotopic (exact) mass is 384 g/mol. The molecule has 1 atom stereocenters. The van der Waals surface area contributed by atoms with Crippen molar-refractivity contribution in [2.45, 2.75) is 31.7 Å². The lowest BCUT2D eigenvalue weighted by molar-refractivity contribution is 0.227. The second-order valence-electron chi connectivity index (χ2n) is 7.48. The molecule has 2 aromatic rings. The Labute approximate surface area is 165 Å². The van der Waals surface area contributed by atoms with Crippen molar-refractivity contribution in [1.82, 2.24) is 10.2 Å². The third kappa shape index (κ3) is 4.28. The lowest BCUT2D eigenvalue weighted by Crippen LogP contribution is -2.38. The number of nitrogens with zero attached hydrogens (tertiary/aromatic N) is 2. The molecule has 1 fully saturated rings. The fourth-order valence-corrected chi connectivity index (χ4v) is 4.83. The van der Waals surface area contributed by atoms with E-state index in [4.69, 9.17) is 0 Å². The van der Waals surface area contributed by atoms with Gasteiger partial charge >= 0.3 is 6.03 Å². The van der Waals surface area contributed by atoms with E-state index in [1.54, 1.807) is 0 Å². The number of benzene rings is 1. The fourth-order valence-electron chi connectivity index (χ4n) is 4.22. The molecule has 0 spiro atoms. The van der Waals surface area contributed by atoms with E-state index in [1.165, 1.54) is 47.4 Å². The smallest absolute Gasteiger partial charge is 0.319 e. The lowest BCUT2D eigenvalue weighted by Gasteiger charge is -2.31. The molecule has 4 rings (SSSR count). The summed E-state index contributed by atoms with van der Waals surface area (Å²) in [5.41, 5.74) is 4.12. The number of hydrogen-bond donors (Lipinski definition) is 2. The highest BCUT2D eigenvalue weighted by molar-refractivity contribution is 7.14. The normalized spacial score (nSPS) is 18.2. The summed E-state index contributed by atoms with van der Waals surface area (Å²) >= 11 is 1.54. The number of likely N-dealkylation sites (tertiary alicyclic amines) is 1. The number of aryl methyl sites for hydroxylation is 1. The highest BCUT2D eigenvalue weighted by Gasteiger charge is 2.25. The van der Waals surface area contributed by atoms with Gasteiger partial charge in [-0.3, -0.25) is 10.2 Å². The maximum absolute atomic E-state index is 12.3. The quantitative estimate of drug-likeness (QED) is 0.816. The Kier molecular flexibility index (Phi) is 5.64. The Morgan fingerprint density at radius 1 is 1.19 bits per heavy atom. The van der Waals surface area contributed by atoms with Crippen molar-refractivity contribution in [2.75, 3.05) is 43.4 Å². The van der Waals surface area contributed by atoms with Crippen LogP contribution in [0, 0.1) is 0 Å². The van der Waals surface area contributed by atoms with Gasteiger partial charge in [-0.05, 0) is 73.5 Å². The van der Waals surface area contributed by atoms with Crippen LogP contribution in [0.3, 0.4) is 0 Å². The number of carbonyl (C=O) groups excluding carboxylic acids is 1. The van der Waals surface area contributed by atoms with Gasteiger partial charge in [0.25, 0.3) is 0 Å². The van der Waals surface area contributed by atoms with E-state index >= 15 is 0 Å². The number of rotatable bonds is 5. The minimum atomic E-state index is -0.126. The molecule has 1 unspecified atom stereocenters. The summed E-state index contributed by atoms with van der Waals surface area (Å²) < 4.78 is 0. The molecular weight excluding hydrogens is 356 g/mol. The van der Waals surface area contributed by atoms with Crippen molar-refractivity contribution < 1.29 is 4.79 Å². The van der Waals surface area contributed by atoms with Gasteiger partial charge < -0.3 is 10.2 Å². The van der Waals surface area contributed by atoms with Crippen molar-refractivity contribution in [2.24, 2.45) is 0 Å². The number of urea groups is 1. The van der Waals surface area contributed by atoms with Gasteiger partial charge in [-0.2, -0.15) is 0 Å². The SMILES string of the molecule is CN1CCCc2cc(C(CNC(=O)Nc3cccs3)N3CCCC3)ccc21. The van der Waals surface area contributed by atoms with Crippen molar-refractivity contribution in [1.29, 1.82) is 0 Å². The zero-order valence-electron chi connectivity index (χ0n) is 15.9. The van der Waals surface area contributed by atoms with Crippen LogP contribution in [0.15, 0.2) is 35.7 Å². The number of carbonyl (C=O) groups is 1. The molecule has 5 nitrogen and oxygen atoms in total. The predicted molar refractivity (Wildman–Crippen MR) is 113 cm³/mol. The number of fused-ring (bicyclic) bond motifs is 1. The molecule has 3 heterocycles. The average Bonchev–Trinajstić information content (AvgIpc) is 3.36. The molecule has 0 bridgehead atoms. The van der Waals surface area contributed by atoms with Gasteiger partial charge in [-0.1, -0.05) is 12.1 Å². The molecule has 2 aliphatic rings. The van der Waals surface area contributed by atoms with Gasteiger partial charge in [0.05, 0.1) is 11.0 Å². The van der Waals surface area contributed by atoms with Crippen molar-refractivity contribution in [3.05, 3.63) is 46.8 Å². The third-order valence-corrected chi connectivity index (χ3v) is 6.42. The summed E-state index contributed by atoms with van der Waals surface area (Å²) in [5.74, 6) is 0. The average molecular weight is 385 g/mol. The fraction of sp³-hybridized carbons (Fsp3) is 0.476. The molecule has 144 valence electrons. The Bertz CT molecular complexity index is 770. The van der Waals surface area contributed by atoms with E-state index in [-0.39, 0.29) is 12.1 Å². The van der Waals surface area contributed by atoms with E-state index in [9.17, 15) is 4.79 Å². The second-order valence-corrected chi connectivity index (χ2v) is 8.43. The van der Waals surface area contributed by atoms with Crippen LogP contribution in [0.25, 0.3) is 0 Å². The van der Waals surface area contributed by atoms with E-state index in [0.717, 1.165) is 31.1 Å². The molecule has 2 N–H and O–H groups in total. The molecule has 27 heavy (non-hydrogen) atoms. The van der Waals surface area contributed by atoms with Crippen LogP contribution in [0.5, 0.6) is 0 Å². The largest absolute Gasteiger partial charge is 0.374 e. The molecular formula is C21H28N4OS. The highest BCUT2D eigenvalue weighted by atomic mass is 32.1. The molecule has 1 aromatic carbocycles. The first-order valence-corrected chi connectivity index (χ1v) is 10.7. The molecule has 0 aliphatic carbocycles. The standard InChI is InChI=1S/C21H28N4OS/c1-24-10-4-6-16-14-17(8-9-18(16)24)19(25-11-2-3-12-25)15-22-21(26)23-20-7-5-13-27-20/h5,7-9,13-14,19H,2-4,6,10-12,15H2,1H3,(H2,22,23,26). The minimum Gasteiger partial charge on any atom is -0.374 e. The summed E-state index contributed by atoms with van der Waals surface area (Å²) in [4.78, 5) is 17.2. The molecule has 2 aliphatic heterocycles. The number of hydrogen-bond acceptors (Lipinski definition) is 4. The van der Waals surface area contributed by atoms with Crippen LogP contribution in [0.4, 0.5) is 15.5 Å². The van der Waals surface area contributed by atoms with Gasteiger partial charge in [-0.25, -0.2) is 4.79 Å². The zero-order chi connectivity index (χ0) is 18.6. The number of anilines is 2. The molecule has 6 heteroatoms. The maximum Gasteiger partial charge on any atom is 0.319 e. The van der Waals surface area contributed by atoms with Gasteiger partial charge in [-0.15, -0.1) is 11.3 Å². The summed E-state index contributed by atoms with van der Waals surface area (Å²) in [5, 5.41) is 8.85. The van der Waals surface area contributed by atoms with Crippen molar-refractivity contribution >= 4 is 28.1 Å². The molecule has 0 radical (unpaired) electrons. The van der Waals surface area contributed by atoms with Gasteiger partial charge in [0, 0.05) is 25.8 Å². The topological polar surface area (TPSA) is 47.6 Å². The number of thiophene rings is 1. The highest BCUT2D eigenvalue weighted by Crippen LogP contribution is 2.31. The van der Waals surface area contributed by atoms with E-state index in [1.807, 2.05) is 17.5 Å². The van der Waals surface area contributed by atoms with E-state index < -0.39 is 0 Å². The molecule has 1 saturated heterocycles. The van der Waals surface area contributed by atoms with Crippen LogP contribution in [0.1, 0.15) is 36.4 Å². The maximum atomic E-state index is 12.3. The summed E-state index contributed by atoms with van der Waals surface area (Å²) in [6, 6.07) is 10.9. The third-order valence-electron chi connectivity index (χ3n) is 5.63. The Morgan fingerprint density at radius 3 is 2.81 bits per heavy atom. The molecule has 2 amide bonds. The van der Waals surface area contributed by atoms with Crippen LogP contribution in [-0.4, -0.2) is 44.2 Å². The molecule has 1 aromatic heterocycles. The first kappa shape index (κ1) is 18.3. The van der Waals surface area contributed by atoms with Crippen molar-refractivity contribution in [3.63, 3.8) is 0 Å². The predicted octanol–water partition coefficient (Wildman–Crippen LogP) is 4.09. The Hall–Kier alpha value is -2.05. The Morgan fingerprint density at radius 2 is 2.04 bits per heavy atom. The minimum absolute atomic E-state index is 0.126. The van der Waals surface area contributed by atoms with E-state index in [0.29, 0.717) is 6.54 Å². The Balaban J connectivity index is 1.48.